The molecule has 1 unspecified atom stereocenters. The Morgan fingerprint density at radius 2 is 1.68 bits per heavy atom. The maximum atomic E-state index is 12.5. The molecule has 5 heteroatoms. The van der Waals surface area contributed by atoms with E-state index >= 15 is 0 Å². The van der Waals surface area contributed by atoms with Gasteiger partial charge < -0.3 is 14.0 Å². The third-order valence-corrected chi connectivity index (χ3v) is 4.49. The molecule has 2 aromatic carbocycles. The van der Waals surface area contributed by atoms with E-state index in [1.54, 1.807) is 11.9 Å². The molecule has 1 heterocycles. The number of fused-ring (bicyclic) bond motifs is 1. The Balaban J connectivity index is 0.000000921. The van der Waals surface area contributed by atoms with E-state index in [2.05, 4.69) is 4.72 Å². The summed E-state index contributed by atoms with van der Waals surface area (Å²) in [5, 5.41) is 1.08. The Morgan fingerprint density at radius 3 is 2.25 bits per heavy atom. The molecule has 0 spiro atoms. The van der Waals surface area contributed by atoms with Crippen LogP contribution in [0.5, 0.6) is 0 Å². The molecule has 28 heavy (non-hydrogen) atoms. The Bertz CT molecular complexity index is 857. The number of rotatable bonds is 5. The molecular formula is C23H32N2O2S. The van der Waals surface area contributed by atoms with Crippen LogP contribution >= 0.6 is 11.9 Å². The van der Waals surface area contributed by atoms with Crippen LogP contribution in [-0.2, 0) is 9.53 Å². The van der Waals surface area contributed by atoms with Crippen molar-refractivity contribution in [2.75, 3.05) is 18.1 Å². The lowest BCUT2D eigenvalue weighted by atomic mass is 10.0. The van der Waals surface area contributed by atoms with Crippen molar-refractivity contribution in [3.05, 3.63) is 65.9 Å². The molecule has 1 atom stereocenters. The number of ether oxygens (including phenoxy) is 1. The number of aryl methyl sites for hydroxylation is 1. The number of benzene rings is 2. The van der Waals surface area contributed by atoms with Crippen LogP contribution in [0.15, 0.2) is 54.7 Å². The van der Waals surface area contributed by atoms with E-state index in [1.807, 2.05) is 100 Å². The minimum atomic E-state index is -0.502. The largest absolute Gasteiger partial charge is 0.467 e. The summed E-state index contributed by atoms with van der Waals surface area (Å²) in [5.74, 6) is -0.278. The number of nitrogens with one attached hydrogen (secondary N) is 1. The lowest BCUT2D eigenvalue weighted by Crippen LogP contribution is -2.21. The van der Waals surface area contributed by atoms with Gasteiger partial charge in [-0.2, -0.15) is 0 Å². The summed E-state index contributed by atoms with van der Waals surface area (Å²) in [6.07, 6.45) is 3.93. The van der Waals surface area contributed by atoms with Crippen molar-refractivity contribution in [2.45, 2.75) is 40.7 Å². The monoisotopic (exact) mass is 400 g/mol. The fourth-order valence-corrected chi connectivity index (χ4v) is 3.28. The molecule has 0 radical (unpaired) electrons. The van der Waals surface area contributed by atoms with E-state index < -0.39 is 6.04 Å². The Labute approximate surface area is 173 Å². The highest BCUT2D eigenvalue weighted by Gasteiger charge is 2.24. The van der Waals surface area contributed by atoms with Gasteiger partial charge in [0.15, 0.2) is 6.04 Å². The summed E-state index contributed by atoms with van der Waals surface area (Å²) in [7, 11) is 1.43. The van der Waals surface area contributed by atoms with Gasteiger partial charge in [-0.3, -0.25) is 0 Å². The first-order valence-electron chi connectivity index (χ1n) is 9.68. The molecule has 0 saturated heterocycles. The molecule has 3 rings (SSSR count). The lowest BCUT2D eigenvalue weighted by molar-refractivity contribution is -0.143. The van der Waals surface area contributed by atoms with Crippen LogP contribution < -0.4 is 4.72 Å². The molecule has 0 aliphatic rings. The zero-order chi connectivity index (χ0) is 21.1. The predicted molar refractivity (Wildman–Crippen MR) is 123 cm³/mol. The predicted octanol–water partition coefficient (Wildman–Crippen LogP) is 6.45. The van der Waals surface area contributed by atoms with Crippen LogP contribution in [0.25, 0.3) is 10.9 Å². The second-order valence-corrected chi connectivity index (χ2v) is 6.22. The summed E-state index contributed by atoms with van der Waals surface area (Å²) in [6, 6.07) is 15.5. The third-order valence-electron chi connectivity index (χ3n) is 4.07. The molecule has 0 fully saturated rings. The van der Waals surface area contributed by atoms with Gasteiger partial charge in [0, 0.05) is 17.8 Å². The summed E-state index contributed by atoms with van der Waals surface area (Å²) < 4.78 is 10.3. The SMILES string of the molecule is CC.CC.COC(=O)C(c1ccc(C)cc1)n1ccc2c(NSC)cccc21. The van der Waals surface area contributed by atoms with Crippen LogP contribution in [-0.4, -0.2) is 23.9 Å². The average Bonchev–Trinajstić information content (AvgIpc) is 3.17. The number of methoxy groups -OCH3 is 1. The minimum Gasteiger partial charge on any atom is -0.467 e. The molecule has 1 aromatic heterocycles. The van der Waals surface area contributed by atoms with E-state index in [4.69, 9.17) is 4.74 Å². The van der Waals surface area contributed by atoms with E-state index in [9.17, 15) is 4.79 Å². The number of esters is 1. The van der Waals surface area contributed by atoms with E-state index in [0.717, 1.165) is 27.7 Å². The number of carbonyl (C=O) groups excluding carboxylic acids is 1. The first kappa shape index (κ1) is 23.6. The van der Waals surface area contributed by atoms with Crippen molar-refractivity contribution in [2.24, 2.45) is 0 Å². The van der Waals surface area contributed by atoms with Gasteiger partial charge in [-0.25, -0.2) is 4.79 Å². The van der Waals surface area contributed by atoms with E-state index in [-0.39, 0.29) is 5.97 Å². The second kappa shape index (κ2) is 12.1. The molecule has 1 N–H and O–H groups in total. The maximum absolute atomic E-state index is 12.5. The standard InChI is InChI=1S/C19H20N2O2S.2C2H6/c1-13-7-9-14(10-8-13)18(19(22)23-2)21-12-11-15-16(20-24-3)5-4-6-17(15)21;2*1-2/h4-12,18,20H,1-3H3;2*1-2H3. The van der Waals surface area contributed by atoms with Crippen molar-refractivity contribution < 1.29 is 9.53 Å². The van der Waals surface area contributed by atoms with Gasteiger partial charge >= 0.3 is 5.97 Å². The van der Waals surface area contributed by atoms with Crippen LogP contribution in [0.4, 0.5) is 5.69 Å². The van der Waals surface area contributed by atoms with Gasteiger partial charge in [-0.1, -0.05) is 75.5 Å². The Morgan fingerprint density at radius 1 is 1.04 bits per heavy atom. The highest BCUT2D eigenvalue weighted by molar-refractivity contribution is 7.99. The normalized spacial score (nSPS) is 10.8. The number of anilines is 1. The highest BCUT2D eigenvalue weighted by atomic mass is 32.2. The van der Waals surface area contributed by atoms with Crippen molar-refractivity contribution in [3.63, 3.8) is 0 Å². The molecule has 0 amide bonds. The second-order valence-electron chi connectivity index (χ2n) is 5.60. The molecule has 0 aliphatic carbocycles. The molecular weight excluding hydrogens is 368 g/mol. The molecule has 4 nitrogen and oxygen atoms in total. The fourth-order valence-electron chi connectivity index (χ4n) is 2.88. The molecule has 0 bridgehead atoms. The van der Waals surface area contributed by atoms with Gasteiger partial charge in [-0.05, 0) is 30.7 Å². The number of nitrogens with zero attached hydrogens (tertiary/aromatic N) is 1. The van der Waals surface area contributed by atoms with Gasteiger partial charge in [-0.15, -0.1) is 0 Å². The fraction of sp³-hybridized carbons (Fsp3) is 0.348. The number of hydrogen-bond donors (Lipinski definition) is 1. The van der Waals surface area contributed by atoms with Crippen molar-refractivity contribution >= 4 is 34.5 Å². The van der Waals surface area contributed by atoms with Crippen LogP contribution in [0.2, 0.25) is 0 Å². The minimum absolute atomic E-state index is 0.278. The number of aromatic nitrogens is 1. The lowest BCUT2D eigenvalue weighted by Gasteiger charge is -2.19. The van der Waals surface area contributed by atoms with Crippen LogP contribution in [0, 0.1) is 6.92 Å². The third kappa shape index (κ3) is 5.32. The molecule has 0 saturated carbocycles. The van der Waals surface area contributed by atoms with E-state index in [0.29, 0.717) is 0 Å². The van der Waals surface area contributed by atoms with Crippen LogP contribution in [0.3, 0.4) is 0 Å². The van der Waals surface area contributed by atoms with Crippen molar-refractivity contribution in [3.8, 4) is 0 Å². The first-order chi connectivity index (χ1) is 13.7. The summed E-state index contributed by atoms with van der Waals surface area (Å²) in [5.41, 5.74) is 4.09. The Hall–Kier alpha value is -2.40. The summed E-state index contributed by atoms with van der Waals surface area (Å²) >= 11 is 1.55. The average molecular weight is 401 g/mol. The molecule has 152 valence electrons. The van der Waals surface area contributed by atoms with Crippen molar-refractivity contribution in [1.82, 2.24) is 4.57 Å². The quantitative estimate of drug-likeness (QED) is 0.394. The smallest absolute Gasteiger partial charge is 0.333 e. The number of carbonyl (C=O) groups is 1. The Kier molecular flexibility index (Phi) is 10.2. The zero-order valence-corrected chi connectivity index (χ0v) is 18.8. The highest BCUT2D eigenvalue weighted by Crippen LogP contribution is 2.31. The summed E-state index contributed by atoms with van der Waals surface area (Å²) in [4.78, 5) is 12.5. The zero-order valence-electron chi connectivity index (χ0n) is 17.9. The molecule has 3 aromatic rings. The van der Waals surface area contributed by atoms with Gasteiger partial charge in [0.1, 0.15) is 0 Å². The maximum Gasteiger partial charge on any atom is 0.333 e. The molecule has 0 aliphatic heterocycles. The van der Waals surface area contributed by atoms with E-state index in [1.165, 1.54) is 7.11 Å². The summed E-state index contributed by atoms with van der Waals surface area (Å²) in [6.45, 7) is 10.0. The number of hydrogen-bond acceptors (Lipinski definition) is 4. The van der Waals surface area contributed by atoms with Gasteiger partial charge in [0.05, 0.1) is 18.3 Å². The van der Waals surface area contributed by atoms with Gasteiger partial charge in [0.25, 0.3) is 0 Å². The van der Waals surface area contributed by atoms with Crippen molar-refractivity contribution in [1.29, 1.82) is 0 Å². The first-order valence-corrected chi connectivity index (χ1v) is 10.9. The van der Waals surface area contributed by atoms with Gasteiger partial charge in [0.2, 0.25) is 0 Å². The topological polar surface area (TPSA) is 43.3 Å². The van der Waals surface area contributed by atoms with Crippen LogP contribution in [0.1, 0.15) is 44.9 Å².